The molecule has 2 unspecified atom stereocenters. The van der Waals surface area contributed by atoms with Crippen LogP contribution in [0.4, 0.5) is 0 Å². The summed E-state index contributed by atoms with van der Waals surface area (Å²) in [5.74, 6) is 1.56. The van der Waals surface area contributed by atoms with Crippen molar-refractivity contribution in [3.8, 4) is 5.75 Å². The summed E-state index contributed by atoms with van der Waals surface area (Å²) >= 11 is 0. The van der Waals surface area contributed by atoms with Crippen LogP contribution in [0.25, 0.3) is 10.9 Å². The molecule has 2 aromatic rings. The van der Waals surface area contributed by atoms with Gasteiger partial charge in [-0.3, -0.25) is 4.90 Å². The van der Waals surface area contributed by atoms with E-state index in [9.17, 15) is 0 Å². The molecule has 1 fully saturated rings. The van der Waals surface area contributed by atoms with Gasteiger partial charge in [0.2, 0.25) is 0 Å². The molecule has 1 saturated heterocycles. The van der Waals surface area contributed by atoms with Gasteiger partial charge < -0.3 is 15.0 Å². The first-order chi connectivity index (χ1) is 9.65. The minimum absolute atomic E-state index is 0.393. The maximum absolute atomic E-state index is 5.86. The highest BCUT2D eigenvalue weighted by Gasteiger charge is 2.32. The number of likely N-dealkylation sites (tertiary alicyclic amines) is 1. The highest BCUT2D eigenvalue weighted by molar-refractivity contribution is 5.86. The molecule has 0 saturated carbocycles. The van der Waals surface area contributed by atoms with Crippen molar-refractivity contribution < 1.29 is 4.74 Å². The number of nitrogens with zero attached hydrogens (tertiary/aromatic N) is 2. The van der Waals surface area contributed by atoms with Crippen molar-refractivity contribution in [2.45, 2.75) is 12.5 Å². The summed E-state index contributed by atoms with van der Waals surface area (Å²) < 4.78 is 7.79. The topological polar surface area (TPSA) is 43.4 Å². The molecule has 0 spiro atoms. The summed E-state index contributed by atoms with van der Waals surface area (Å²) in [5.41, 5.74) is 8.43. The Morgan fingerprint density at radius 1 is 1.30 bits per heavy atom. The molecule has 1 aromatic carbocycles. The second-order valence-corrected chi connectivity index (χ2v) is 5.83. The van der Waals surface area contributed by atoms with E-state index < -0.39 is 0 Å². The predicted octanol–water partition coefficient (Wildman–Crippen LogP) is 2.14. The van der Waals surface area contributed by atoms with Crippen LogP contribution >= 0.6 is 0 Å². The van der Waals surface area contributed by atoms with Crippen LogP contribution in [-0.2, 0) is 7.05 Å². The van der Waals surface area contributed by atoms with Gasteiger partial charge in [-0.25, -0.2) is 0 Å². The average Bonchev–Trinajstić information content (AvgIpc) is 3.01. The van der Waals surface area contributed by atoms with Gasteiger partial charge in [-0.15, -0.1) is 0 Å². The van der Waals surface area contributed by atoms with Gasteiger partial charge in [-0.2, -0.15) is 0 Å². The fraction of sp³-hybridized carbons (Fsp3) is 0.500. The second kappa shape index (κ2) is 5.11. The monoisotopic (exact) mass is 273 g/mol. The Balaban J connectivity index is 2.13. The first-order valence-corrected chi connectivity index (χ1v) is 7.18. The summed E-state index contributed by atoms with van der Waals surface area (Å²) in [6.07, 6.45) is 3.22. The minimum Gasteiger partial charge on any atom is -0.496 e. The predicted molar refractivity (Wildman–Crippen MR) is 82.0 cm³/mol. The third-order valence-electron chi connectivity index (χ3n) is 4.59. The van der Waals surface area contributed by atoms with Crippen molar-refractivity contribution in [2.75, 3.05) is 27.2 Å². The third kappa shape index (κ3) is 2.00. The van der Waals surface area contributed by atoms with Crippen LogP contribution in [0.2, 0.25) is 0 Å². The Hall–Kier alpha value is -1.52. The lowest BCUT2D eigenvalue weighted by atomic mass is 9.96. The normalized spacial score (nSPS) is 23.6. The smallest absolute Gasteiger partial charge is 0.124 e. The SMILES string of the molecule is COc1ccc2c(ccn2C)c1C1CC(CN)CN1C. The summed E-state index contributed by atoms with van der Waals surface area (Å²) in [6, 6.07) is 6.80. The molecule has 4 heteroatoms. The van der Waals surface area contributed by atoms with Crippen LogP contribution < -0.4 is 10.5 Å². The first kappa shape index (κ1) is 13.5. The molecule has 1 aromatic heterocycles. The van der Waals surface area contributed by atoms with Gasteiger partial charge in [0.25, 0.3) is 0 Å². The lowest BCUT2D eigenvalue weighted by molar-refractivity contribution is 0.305. The van der Waals surface area contributed by atoms with E-state index in [0.29, 0.717) is 12.0 Å². The summed E-state index contributed by atoms with van der Waals surface area (Å²) in [7, 11) is 6.02. The van der Waals surface area contributed by atoms with Crippen molar-refractivity contribution in [2.24, 2.45) is 18.7 Å². The van der Waals surface area contributed by atoms with Crippen molar-refractivity contribution in [1.29, 1.82) is 0 Å². The summed E-state index contributed by atoms with van der Waals surface area (Å²) in [5, 5.41) is 1.29. The van der Waals surface area contributed by atoms with Crippen molar-refractivity contribution in [3.63, 3.8) is 0 Å². The van der Waals surface area contributed by atoms with Gasteiger partial charge in [-0.05, 0) is 44.1 Å². The highest BCUT2D eigenvalue weighted by atomic mass is 16.5. The Labute approximate surface area is 120 Å². The van der Waals surface area contributed by atoms with Crippen LogP contribution in [0, 0.1) is 5.92 Å². The number of fused-ring (bicyclic) bond motifs is 1. The van der Waals surface area contributed by atoms with Crippen LogP contribution in [-0.4, -0.2) is 36.7 Å². The number of nitrogens with two attached hydrogens (primary N) is 1. The minimum atomic E-state index is 0.393. The summed E-state index contributed by atoms with van der Waals surface area (Å²) in [4.78, 5) is 2.40. The zero-order valence-corrected chi connectivity index (χ0v) is 12.5. The highest BCUT2D eigenvalue weighted by Crippen LogP contribution is 2.42. The number of aryl methyl sites for hydroxylation is 1. The fourth-order valence-corrected chi connectivity index (χ4v) is 3.49. The standard InChI is InChI=1S/C16H23N3O/c1-18-7-6-12-13(18)4-5-15(20-3)16(12)14-8-11(9-17)10-19(14)2/h4-7,11,14H,8-10,17H2,1-3H3. The average molecular weight is 273 g/mol. The first-order valence-electron chi connectivity index (χ1n) is 7.18. The molecule has 0 aliphatic carbocycles. The molecule has 2 N–H and O–H groups in total. The molecule has 1 aliphatic heterocycles. The number of aromatic nitrogens is 1. The zero-order valence-electron chi connectivity index (χ0n) is 12.5. The Morgan fingerprint density at radius 3 is 2.75 bits per heavy atom. The number of methoxy groups -OCH3 is 1. The van der Waals surface area contributed by atoms with Crippen LogP contribution in [0.5, 0.6) is 5.75 Å². The maximum Gasteiger partial charge on any atom is 0.124 e. The molecule has 2 atom stereocenters. The van der Waals surface area contributed by atoms with E-state index in [1.54, 1.807) is 7.11 Å². The van der Waals surface area contributed by atoms with Gasteiger partial charge in [0.05, 0.1) is 7.11 Å². The van der Waals surface area contributed by atoms with E-state index in [4.69, 9.17) is 10.5 Å². The second-order valence-electron chi connectivity index (χ2n) is 5.83. The van der Waals surface area contributed by atoms with E-state index in [-0.39, 0.29) is 0 Å². The lowest BCUT2D eigenvalue weighted by Gasteiger charge is -2.23. The van der Waals surface area contributed by atoms with Crippen molar-refractivity contribution in [3.05, 3.63) is 30.0 Å². The molecule has 2 heterocycles. The third-order valence-corrected chi connectivity index (χ3v) is 4.59. The van der Waals surface area contributed by atoms with E-state index in [0.717, 1.165) is 25.3 Å². The van der Waals surface area contributed by atoms with Gasteiger partial charge in [0, 0.05) is 42.3 Å². The van der Waals surface area contributed by atoms with E-state index in [2.05, 4.69) is 48.0 Å². The largest absolute Gasteiger partial charge is 0.496 e. The van der Waals surface area contributed by atoms with Gasteiger partial charge in [0.1, 0.15) is 5.75 Å². The van der Waals surface area contributed by atoms with E-state index >= 15 is 0 Å². The number of ether oxygens (including phenoxy) is 1. The van der Waals surface area contributed by atoms with Crippen LogP contribution in [0.3, 0.4) is 0 Å². The molecule has 0 amide bonds. The molecule has 108 valence electrons. The molecule has 4 nitrogen and oxygen atoms in total. The molecule has 0 radical (unpaired) electrons. The number of hydrogen-bond acceptors (Lipinski definition) is 3. The van der Waals surface area contributed by atoms with Crippen LogP contribution in [0.1, 0.15) is 18.0 Å². The van der Waals surface area contributed by atoms with Crippen LogP contribution in [0.15, 0.2) is 24.4 Å². The molecular formula is C16H23N3O. The van der Waals surface area contributed by atoms with E-state index in [1.807, 2.05) is 0 Å². The quantitative estimate of drug-likeness (QED) is 0.931. The lowest BCUT2D eigenvalue weighted by Crippen LogP contribution is -2.21. The molecule has 3 rings (SSSR count). The maximum atomic E-state index is 5.86. The molecule has 20 heavy (non-hydrogen) atoms. The fourth-order valence-electron chi connectivity index (χ4n) is 3.49. The molecule has 1 aliphatic rings. The number of benzene rings is 1. The molecular weight excluding hydrogens is 250 g/mol. The zero-order chi connectivity index (χ0) is 14.3. The van der Waals surface area contributed by atoms with E-state index in [1.165, 1.54) is 16.5 Å². The number of rotatable bonds is 3. The Bertz CT molecular complexity index is 619. The Morgan fingerprint density at radius 2 is 2.10 bits per heavy atom. The van der Waals surface area contributed by atoms with Gasteiger partial charge in [-0.1, -0.05) is 0 Å². The van der Waals surface area contributed by atoms with Crippen molar-refractivity contribution in [1.82, 2.24) is 9.47 Å². The number of hydrogen-bond donors (Lipinski definition) is 1. The molecule has 0 bridgehead atoms. The van der Waals surface area contributed by atoms with Gasteiger partial charge >= 0.3 is 0 Å². The summed E-state index contributed by atoms with van der Waals surface area (Å²) in [6.45, 7) is 1.82. The Kier molecular flexibility index (Phi) is 3.44. The van der Waals surface area contributed by atoms with Crippen molar-refractivity contribution >= 4 is 10.9 Å². The van der Waals surface area contributed by atoms with Gasteiger partial charge in [0.15, 0.2) is 0 Å².